The number of benzene rings is 3. The van der Waals surface area contributed by atoms with Crippen LogP contribution in [0, 0.1) is 0 Å². The number of ether oxygens (including phenoxy) is 4. The van der Waals surface area contributed by atoms with Crippen LogP contribution >= 0.6 is 23.2 Å². The van der Waals surface area contributed by atoms with Gasteiger partial charge in [0.05, 0.1) is 13.7 Å². The van der Waals surface area contributed by atoms with E-state index in [1.807, 2.05) is 55.5 Å². The van der Waals surface area contributed by atoms with E-state index in [4.69, 9.17) is 42.1 Å². The third-order valence-corrected chi connectivity index (χ3v) is 6.47. The van der Waals surface area contributed by atoms with Crippen molar-refractivity contribution in [3.63, 3.8) is 0 Å². The van der Waals surface area contributed by atoms with Crippen molar-refractivity contribution in [1.82, 2.24) is 0 Å². The van der Waals surface area contributed by atoms with Crippen LogP contribution < -0.4 is 14.2 Å². The monoisotopic (exact) mass is 486 g/mol. The molecule has 1 unspecified atom stereocenters. The fourth-order valence-electron chi connectivity index (χ4n) is 3.74. The van der Waals surface area contributed by atoms with Crippen molar-refractivity contribution in [2.45, 2.75) is 29.7 Å². The first-order valence-corrected chi connectivity index (χ1v) is 11.3. The molecule has 0 N–H and O–H groups in total. The summed E-state index contributed by atoms with van der Waals surface area (Å²) in [5.41, 5.74) is 0.369. The minimum atomic E-state index is -1.22. The van der Waals surface area contributed by atoms with Crippen LogP contribution in [0.4, 0.5) is 0 Å². The Morgan fingerprint density at radius 1 is 0.939 bits per heavy atom. The largest absolute Gasteiger partial charge is 0.494 e. The molecule has 33 heavy (non-hydrogen) atoms. The molecule has 0 amide bonds. The molecule has 3 aromatic carbocycles. The number of halogens is 2. The van der Waals surface area contributed by atoms with Crippen LogP contribution in [0.5, 0.6) is 23.0 Å². The number of para-hydroxylation sites is 2. The predicted octanol–water partition coefficient (Wildman–Crippen LogP) is 6.45. The summed E-state index contributed by atoms with van der Waals surface area (Å²) in [5, 5.41) is 0. The molecular weight excluding hydrogens is 463 g/mol. The van der Waals surface area contributed by atoms with E-state index in [1.165, 1.54) is 0 Å². The van der Waals surface area contributed by atoms with E-state index >= 15 is 0 Å². The average Bonchev–Trinajstić information content (AvgIpc) is 3.42. The van der Waals surface area contributed by atoms with E-state index in [0.29, 0.717) is 35.2 Å². The van der Waals surface area contributed by atoms with Gasteiger partial charge in [-0.3, -0.25) is 4.79 Å². The van der Waals surface area contributed by atoms with E-state index in [0.717, 1.165) is 5.56 Å². The minimum absolute atomic E-state index is 0.0601. The molecule has 4 rings (SSSR count). The topological polar surface area (TPSA) is 54.0 Å². The Morgan fingerprint density at radius 3 is 2.27 bits per heavy atom. The van der Waals surface area contributed by atoms with Crippen molar-refractivity contribution >= 4 is 29.2 Å². The molecule has 1 saturated carbocycles. The van der Waals surface area contributed by atoms with Gasteiger partial charge in [0.2, 0.25) is 0 Å². The van der Waals surface area contributed by atoms with Gasteiger partial charge in [-0.05, 0) is 54.4 Å². The second kappa shape index (κ2) is 9.54. The summed E-state index contributed by atoms with van der Waals surface area (Å²) in [6.07, 6.45) is 0.285. The van der Waals surface area contributed by atoms with Crippen LogP contribution in [0.3, 0.4) is 0 Å². The van der Waals surface area contributed by atoms with Gasteiger partial charge in [-0.25, -0.2) is 0 Å². The van der Waals surface area contributed by atoms with Crippen LogP contribution in [0.15, 0.2) is 72.8 Å². The number of esters is 1. The van der Waals surface area contributed by atoms with E-state index in [9.17, 15) is 4.79 Å². The molecule has 0 bridgehead atoms. The Bertz CT molecular complexity index is 1130. The van der Waals surface area contributed by atoms with E-state index < -0.39 is 15.7 Å². The van der Waals surface area contributed by atoms with Crippen molar-refractivity contribution in [3.05, 3.63) is 83.9 Å². The quantitative estimate of drug-likeness (QED) is 0.257. The fourth-order valence-corrected chi connectivity index (χ4v) is 4.52. The molecule has 1 fully saturated rings. The van der Waals surface area contributed by atoms with Gasteiger partial charge in [-0.2, -0.15) is 0 Å². The molecule has 1 aliphatic carbocycles. The molecule has 0 heterocycles. The van der Waals surface area contributed by atoms with Gasteiger partial charge in [0.15, 0.2) is 11.5 Å². The van der Waals surface area contributed by atoms with Crippen LogP contribution in [0.25, 0.3) is 0 Å². The van der Waals surface area contributed by atoms with E-state index in [-0.39, 0.29) is 13.0 Å². The van der Waals surface area contributed by atoms with Crippen molar-refractivity contribution in [2.75, 3.05) is 13.7 Å². The standard InChI is InChI=1S/C26H24Cl2O5/c1-3-31-20-13-11-19(12-14-20)25(17-26(25,27)28)24(29)32-16-18-7-6-8-21(15-18)33-23-10-5-4-9-22(23)30-2/h4-15H,3,16-17H2,1-2H3. The number of carbonyl (C=O) groups excluding carboxylic acids is 1. The lowest BCUT2D eigenvalue weighted by atomic mass is 9.96. The molecule has 0 saturated heterocycles. The number of hydrogen-bond donors (Lipinski definition) is 0. The summed E-state index contributed by atoms with van der Waals surface area (Å²) in [5.74, 6) is 2.07. The second-order valence-corrected chi connectivity index (χ2v) is 9.20. The third-order valence-electron chi connectivity index (χ3n) is 5.56. The van der Waals surface area contributed by atoms with Gasteiger partial charge >= 0.3 is 5.97 Å². The first-order valence-electron chi connectivity index (χ1n) is 10.6. The molecule has 3 aromatic rings. The molecule has 0 aromatic heterocycles. The first-order chi connectivity index (χ1) is 15.9. The van der Waals surface area contributed by atoms with Crippen molar-refractivity contribution in [3.8, 4) is 23.0 Å². The number of rotatable bonds is 9. The van der Waals surface area contributed by atoms with E-state index in [2.05, 4.69) is 0 Å². The zero-order valence-corrected chi connectivity index (χ0v) is 19.9. The summed E-state index contributed by atoms with van der Waals surface area (Å²) in [4.78, 5) is 13.1. The second-order valence-electron chi connectivity index (χ2n) is 7.72. The van der Waals surface area contributed by atoms with Crippen LogP contribution in [0.1, 0.15) is 24.5 Å². The summed E-state index contributed by atoms with van der Waals surface area (Å²) in [7, 11) is 1.59. The average molecular weight is 487 g/mol. The molecule has 0 aliphatic heterocycles. The SMILES string of the molecule is CCOc1ccc(C2(C(=O)OCc3cccc(Oc4ccccc4OC)c3)CC2(Cl)Cl)cc1. The maximum absolute atomic E-state index is 13.1. The molecule has 0 radical (unpaired) electrons. The van der Waals surface area contributed by atoms with Gasteiger partial charge < -0.3 is 18.9 Å². The van der Waals surface area contributed by atoms with Crippen LogP contribution in [0.2, 0.25) is 0 Å². The Labute approximate surface area is 203 Å². The Hall–Kier alpha value is -2.89. The number of methoxy groups -OCH3 is 1. The van der Waals surface area contributed by atoms with Crippen LogP contribution in [-0.4, -0.2) is 24.0 Å². The fraction of sp³-hybridized carbons (Fsp3) is 0.269. The minimum Gasteiger partial charge on any atom is -0.494 e. The predicted molar refractivity (Wildman–Crippen MR) is 128 cm³/mol. The van der Waals surface area contributed by atoms with Crippen LogP contribution in [-0.2, 0) is 21.6 Å². The van der Waals surface area contributed by atoms with Gasteiger partial charge in [0.25, 0.3) is 0 Å². The molecular formula is C26H24Cl2O5. The summed E-state index contributed by atoms with van der Waals surface area (Å²) < 4.78 is 21.2. The van der Waals surface area contributed by atoms with Gasteiger partial charge in [0.1, 0.15) is 27.9 Å². The highest BCUT2D eigenvalue weighted by atomic mass is 35.5. The zero-order chi connectivity index (χ0) is 23.5. The maximum atomic E-state index is 13.1. The lowest BCUT2D eigenvalue weighted by Gasteiger charge is -2.18. The lowest BCUT2D eigenvalue weighted by Crippen LogP contribution is -2.28. The molecule has 0 spiro atoms. The number of carbonyl (C=O) groups is 1. The number of hydrogen-bond acceptors (Lipinski definition) is 5. The van der Waals surface area contributed by atoms with Gasteiger partial charge in [-0.15, -0.1) is 0 Å². The maximum Gasteiger partial charge on any atom is 0.320 e. The molecule has 1 aliphatic rings. The summed E-state index contributed by atoms with van der Waals surface area (Å²) in [6.45, 7) is 2.53. The van der Waals surface area contributed by atoms with E-state index in [1.54, 1.807) is 31.4 Å². The smallest absolute Gasteiger partial charge is 0.320 e. The van der Waals surface area contributed by atoms with Crippen molar-refractivity contribution in [2.24, 2.45) is 0 Å². The number of alkyl halides is 2. The highest BCUT2D eigenvalue weighted by Gasteiger charge is 2.73. The Morgan fingerprint density at radius 2 is 1.64 bits per heavy atom. The Kier molecular flexibility index (Phi) is 6.73. The highest BCUT2D eigenvalue weighted by Crippen LogP contribution is 2.65. The highest BCUT2D eigenvalue weighted by molar-refractivity contribution is 6.54. The Balaban J connectivity index is 1.46. The molecule has 7 heteroatoms. The van der Waals surface area contributed by atoms with Crippen molar-refractivity contribution in [1.29, 1.82) is 0 Å². The van der Waals surface area contributed by atoms with Gasteiger partial charge in [0, 0.05) is 6.42 Å². The van der Waals surface area contributed by atoms with Crippen molar-refractivity contribution < 1.29 is 23.7 Å². The zero-order valence-electron chi connectivity index (χ0n) is 18.3. The summed E-state index contributed by atoms with van der Waals surface area (Å²) in [6, 6.07) is 21.9. The molecule has 5 nitrogen and oxygen atoms in total. The lowest BCUT2D eigenvalue weighted by molar-refractivity contribution is -0.148. The third kappa shape index (κ3) is 4.75. The van der Waals surface area contributed by atoms with Gasteiger partial charge in [-0.1, -0.05) is 59.6 Å². The first kappa shape index (κ1) is 23.3. The molecule has 172 valence electrons. The summed E-state index contributed by atoms with van der Waals surface area (Å²) >= 11 is 12.8. The molecule has 1 atom stereocenters. The normalized spacial score (nSPS) is 18.3.